The maximum atomic E-state index is 13.0. The quantitative estimate of drug-likeness (QED) is 0.786. The summed E-state index contributed by atoms with van der Waals surface area (Å²) in [6.45, 7) is 9.20. The average Bonchev–Trinajstić information content (AvgIpc) is 2.90. The Hall–Kier alpha value is -0.870. The van der Waals surface area contributed by atoms with Gasteiger partial charge in [0, 0.05) is 12.6 Å². The SMILES string of the molecule is CCCCC1CC(C(C)C)CN1S(=O)(=O)c1ccc(C)cc1. The Morgan fingerprint density at radius 1 is 1.23 bits per heavy atom. The molecule has 1 heterocycles. The van der Waals surface area contributed by atoms with Gasteiger partial charge in [-0.1, -0.05) is 51.3 Å². The molecule has 124 valence electrons. The zero-order valence-electron chi connectivity index (χ0n) is 14.2. The first-order valence-corrected chi connectivity index (χ1v) is 9.88. The molecule has 0 saturated carbocycles. The van der Waals surface area contributed by atoms with E-state index in [9.17, 15) is 8.42 Å². The van der Waals surface area contributed by atoms with Crippen molar-refractivity contribution in [2.45, 2.75) is 64.3 Å². The topological polar surface area (TPSA) is 37.4 Å². The van der Waals surface area contributed by atoms with Crippen molar-refractivity contribution in [1.29, 1.82) is 0 Å². The molecule has 4 heteroatoms. The number of unbranched alkanes of at least 4 members (excludes halogenated alkanes) is 1. The lowest BCUT2D eigenvalue weighted by molar-refractivity contribution is 0.359. The highest BCUT2D eigenvalue weighted by atomic mass is 32.2. The van der Waals surface area contributed by atoms with E-state index < -0.39 is 10.0 Å². The van der Waals surface area contributed by atoms with E-state index in [4.69, 9.17) is 0 Å². The van der Waals surface area contributed by atoms with Crippen LogP contribution in [-0.4, -0.2) is 25.3 Å². The van der Waals surface area contributed by atoms with Crippen LogP contribution in [0.2, 0.25) is 0 Å². The van der Waals surface area contributed by atoms with E-state index in [0.29, 0.717) is 23.3 Å². The van der Waals surface area contributed by atoms with Gasteiger partial charge >= 0.3 is 0 Å². The van der Waals surface area contributed by atoms with Gasteiger partial charge < -0.3 is 0 Å². The predicted molar refractivity (Wildman–Crippen MR) is 91.3 cm³/mol. The summed E-state index contributed by atoms with van der Waals surface area (Å²) in [5.74, 6) is 1.00. The summed E-state index contributed by atoms with van der Waals surface area (Å²) in [4.78, 5) is 0.434. The van der Waals surface area contributed by atoms with E-state index in [0.717, 1.165) is 31.2 Å². The fourth-order valence-corrected chi connectivity index (χ4v) is 4.97. The lowest BCUT2D eigenvalue weighted by Crippen LogP contribution is -2.36. The average molecular weight is 324 g/mol. The summed E-state index contributed by atoms with van der Waals surface area (Å²) < 4.78 is 27.8. The number of sulfonamides is 1. The number of benzene rings is 1. The van der Waals surface area contributed by atoms with Crippen molar-refractivity contribution in [3.8, 4) is 0 Å². The van der Waals surface area contributed by atoms with Crippen LogP contribution in [0.4, 0.5) is 0 Å². The molecule has 1 aromatic carbocycles. The third-order valence-corrected chi connectivity index (χ3v) is 6.79. The number of rotatable bonds is 6. The molecule has 0 amide bonds. The molecule has 0 bridgehead atoms. The zero-order valence-corrected chi connectivity index (χ0v) is 15.1. The molecule has 0 aliphatic carbocycles. The minimum atomic E-state index is -3.37. The third-order valence-electron chi connectivity index (χ3n) is 4.86. The molecule has 1 aliphatic heterocycles. The molecule has 0 radical (unpaired) electrons. The molecule has 1 aromatic rings. The van der Waals surface area contributed by atoms with E-state index in [-0.39, 0.29) is 6.04 Å². The molecule has 1 fully saturated rings. The molecular weight excluding hydrogens is 294 g/mol. The van der Waals surface area contributed by atoms with Crippen molar-refractivity contribution in [2.75, 3.05) is 6.54 Å². The van der Waals surface area contributed by atoms with Crippen molar-refractivity contribution < 1.29 is 8.42 Å². The van der Waals surface area contributed by atoms with Gasteiger partial charge in [-0.3, -0.25) is 0 Å². The van der Waals surface area contributed by atoms with Crippen LogP contribution in [-0.2, 0) is 10.0 Å². The number of nitrogens with zero attached hydrogens (tertiary/aromatic N) is 1. The minimum absolute atomic E-state index is 0.165. The van der Waals surface area contributed by atoms with Gasteiger partial charge in [0.1, 0.15) is 0 Å². The molecule has 1 aliphatic rings. The molecule has 22 heavy (non-hydrogen) atoms. The van der Waals surface area contributed by atoms with E-state index in [2.05, 4.69) is 20.8 Å². The Morgan fingerprint density at radius 2 is 1.86 bits per heavy atom. The van der Waals surface area contributed by atoms with E-state index in [1.54, 1.807) is 16.4 Å². The molecule has 2 atom stereocenters. The number of aryl methyl sites for hydroxylation is 1. The Bertz CT molecular complexity index is 578. The monoisotopic (exact) mass is 323 g/mol. The highest BCUT2D eigenvalue weighted by molar-refractivity contribution is 7.89. The highest BCUT2D eigenvalue weighted by Crippen LogP contribution is 2.35. The maximum Gasteiger partial charge on any atom is 0.243 e. The van der Waals surface area contributed by atoms with Crippen molar-refractivity contribution in [1.82, 2.24) is 4.31 Å². The summed E-state index contributed by atoms with van der Waals surface area (Å²) in [7, 11) is -3.37. The first-order valence-electron chi connectivity index (χ1n) is 8.44. The first kappa shape index (κ1) is 17.5. The van der Waals surface area contributed by atoms with Gasteiger partial charge in [-0.15, -0.1) is 0 Å². The van der Waals surface area contributed by atoms with Crippen LogP contribution in [0, 0.1) is 18.8 Å². The number of hydrogen-bond donors (Lipinski definition) is 0. The lowest BCUT2D eigenvalue weighted by atomic mass is 9.92. The standard InChI is InChI=1S/C18H29NO2S/c1-5-6-7-17-12-16(14(2)3)13-19(17)22(20,21)18-10-8-15(4)9-11-18/h8-11,14,16-17H,5-7,12-13H2,1-4H3. The molecule has 1 saturated heterocycles. The fourth-order valence-electron chi connectivity index (χ4n) is 3.25. The predicted octanol–water partition coefficient (Wildman–Crippen LogP) is 4.22. The second kappa shape index (κ2) is 7.14. The van der Waals surface area contributed by atoms with Gasteiger partial charge in [-0.25, -0.2) is 8.42 Å². The van der Waals surface area contributed by atoms with Crippen LogP contribution >= 0.6 is 0 Å². The Morgan fingerprint density at radius 3 is 2.41 bits per heavy atom. The summed E-state index contributed by atoms with van der Waals surface area (Å²) in [5, 5.41) is 0. The van der Waals surface area contributed by atoms with E-state index in [1.807, 2.05) is 19.1 Å². The smallest absolute Gasteiger partial charge is 0.207 e. The van der Waals surface area contributed by atoms with Crippen molar-refractivity contribution in [3.63, 3.8) is 0 Å². The van der Waals surface area contributed by atoms with Crippen LogP contribution in [0.1, 0.15) is 52.0 Å². The first-order chi connectivity index (χ1) is 10.4. The lowest BCUT2D eigenvalue weighted by Gasteiger charge is -2.24. The minimum Gasteiger partial charge on any atom is -0.207 e. The van der Waals surface area contributed by atoms with Crippen molar-refractivity contribution in [2.24, 2.45) is 11.8 Å². The summed E-state index contributed by atoms with van der Waals surface area (Å²) >= 11 is 0. The van der Waals surface area contributed by atoms with Gasteiger partial charge in [-0.05, 0) is 43.7 Å². The van der Waals surface area contributed by atoms with Crippen LogP contribution < -0.4 is 0 Å². The molecule has 3 nitrogen and oxygen atoms in total. The molecule has 2 rings (SSSR count). The van der Waals surface area contributed by atoms with Crippen LogP contribution in [0.25, 0.3) is 0 Å². The maximum absolute atomic E-state index is 13.0. The normalized spacial score (nSPS) is 23.3. The van der Waals surface area contributed by atoms with Gasteiger partial charge in [0.15, 0.2) is 0 Å². The summed E-state index contributed by atoms with van der Waals surface area (Å²) in [6.07, 6.45) is 4.18. The zero-order chi connectivity index (χ0) is 16.3. The number of hydrogen-bond acceptors (Lipinski definition) is 2. The Balaban J connectivity index is 2.27. The largest absolute Gasteiger partial charge is 0.243 e. The molecular formula is C18H29NO2S. The molecule has 0 N–H and O–H groups in total. The van der Waals surface area contributed by atoms with Crippen molar-refractivity contribution >= 4 is 10.0 Å². The summed E-state index contributed by atoms with van der Waals surface area (Å²) in [6, 6.07) is 7.40. The summed E-state index contributed by atoms with van der Waals surface area (Å²) in [5.41, 5.74) is 1.09. The second-order valence-electron chi connectivity index (χ2n) is 6.92. The van der Waals surface area contributed by atoms with E-state index in [1.165, 1.54) is 0 Å². The van der Waals surface area contributed by atoms with Gasteiger partial charge in [0.2, 0.25) is 10.0 Å². The Kier molecular flexibility index (Phi) is 5.67. The van der Waals surface area contributed by atoms with Crippen LogP contribution in [0.3, 0.4) is 0 Å². The van der Waals surface area contributed by atoms with E-state index >= 15 is 0 Å². The molecule has 0 aromatic heterocycles. The fraction of sp³-hybridized carbons (Fsp3) is 0.667. The van der Waals surface area contributed by atoms with Gasteiger partial charge in [0.05, 0.1) is 4.90 Å². The Labute approximate surface area is 135 Å². The molecule has 0 spiro atoms. The van der Waals surface area contributed by atoms with Crippen LogP contribution in [0.15, 0.2) is 29.2 Å². The highest BCUT2D eigenvalue weighted by Gasteiger charge is 2.40. The van der Waals surface area contributed by atoms with Gasteiger partial charge in [0.25, 0.3) is 0 Å². The third kappa shape index (κ3) is 3.72. The second-order valence-corrected chi connectivity index (χ2v) is 8.81. The van der Waals surface area contributed by atoms with Crippen LogP contribution in [0.5, 0.6) is 0 Å². The van der Waals surface area contributed by atoms with Gasteiger partial charge in [-0.2, -0.15) is 4.31 Å². The molecule has 2 unspecified atom stereocenters. The van der Waals surface area contributed by atoms with Crippen molar-refractivity contribution in [3.05, 3.63) is 29.8 Å².